The van der Waals surface area contributed by atoms with Crippen LogP contribution < -0.4 is 5.32 Å². The number of likely N-dealkylation sites (tertiary alicyclic amines) is 1. The first-order valence-corrected chi connectivity index (χ1v) is 11.0. The zero-order valence-corrected chi connectivity index (χ0v) is 17.9. The van der Waals surface area contributed by atoms with Crippen molar-refractivity contribution >= 4 is 23.2 Å². The molecule has 1 atom stereocenters. The van der Waals surface area contributed by atoms with E-state index < -0.39 is 5.41 Å². The van der Waals surface area contributed by atoms with Gasteiger partial charge >= 0.3 is 0 Å². The van der Waals surface area contributed by atoms with Gasteiger partial charge < -0.3 is 14.7 Å². The van der Waals surface area contributed by atoms with E-state index in [1.54, 1.807) is 22.3 Å². The number of hydrogen-bond acceptors (Lipinski definition) is 5. The van der Waals surface area contributed by atoms with Crippen LogP contribution in [0, 0.1) is 5.41 Å². The molecule has 0 bridgehead atoms. The van der Waals surface area contributed by atoms with Crippen molar-refractivity contribution in [2.75, 3.05) is 13.1 Å². The number of hydrogen-bond donors (Lipinski definition) is 1. The molecule has 1 fully saturated rings. The molecule has 1 aromatic carbocycles. The molecular formula is C23H25N3O3S. The van der Waals surface area contributed by atoms with Crippen molar-refractivity contribution in [3.05, 3.63) is 64.7 Å². The van der Waals surface area contributed by atoms with Crippen LogP contribution in [0.4, 0.5) is 0 Å². The molecule has 1 aliphatic rings. The zero-order chi connectivity index (χ0) is 21.1. The summed E-state index contributed by atoms with van der Waals surface area (Å²) in [6.45, 7) is 4.77. The molecule has 6 nitrogen and oxygen atoms in total. The highest BCUT2D eigenvalue weighted by Gasteiger charge is 2.46. The van der Waals surface area contributed by atoms with Crippen LogP contribution in [0.5, 0.6) is 0 Å². The molecule has 7 heteroatoms. The van der Waals surface area contributed by atoms with E-state index in [9.17, 15) is 9.59 Å². The minimum Gasteiger partial charge on any atom is -0.353 e. The molecule has 3 aromatic rings. The van der Waals surface area contributed by atoms with E-state index in [1.807, 2.05) is 13.8 Å². The van der Waals surface area contributed by atoms with Crippen molar-refractivity contribution in [1.29, 1.82) is 0 Å². The van der Waals surface area contributed by atoms with E-state index in [1.165, 1.54) is 11.8 Å². The summed E-state index contributed by atoms with van der Waals surface area (Å²) in [5.41, 5.74) is 2.78. The van der Waals surface area contributed by atoms with Gasteiger partial charge in [0.1, 0.15) is 0 Å². The monoisotopic (exact) mass is 423 g/mol. The standard InChI is InChI=1S/C23H25N3O3S/c1-16(2)25-22(28)23(9-11-26(15-23)21(27)20-7-10-24-29-20)13-17-3-5-18(6-4-17)19-8-12-30-14-19/h3-8,10,12,14,16H,9,11,13,15H2,1-2H3,(H,25,28)/t23-/m0/s1. The van der Waals surface area contributed by atoms with E-state index in [2.05, 4.69) is 51.6 Å². The number of benzene rings is 1. The molecule has 4 rings (SSSR count). The molecular weight excluding hydrogens is 398 g/mol. The van der Waals surface area contributed by atoms with Crippen molar-refractivity contribution in [3.8, 4) is 11.1 Å². The van der Waals surface area contributed by atoms with Crippen molar-refractivity contribution in [1.82, 2.24) is 15.4 Å². The van der Waals surface area contributed by atoms with Gasteiger partial charge in [0.05, 0.1) is 11.6 Å². The van der Waals surface area contributed by atoms with Crippen LogP contribution in [-0.4, -0.2) is 41.0 Å². The van der Waals surface area contributed by atoms with Gasteiger partial charge in [0.15, 0.2) is 0 Å². The minimum absolute atomic E-state index is 0.00715. The molecule has 0 aliphatic carbocycles. The van der Waals surface area contributed by atoms with Gasteiger partial charge in [0, 0.05) is 25.2 Å². The van der Waals surface area contributed by atoms with Crippen LogP contribution >= 0.6 is 11.3 Å². The Bertz CT molecular complexity index is 997. The molecule has 1 saturated heterocycles. The number of carbonyl (C=O) groups is 2. The molecule has 0 spiro atoms. The number of thiophene rings is 1. The van der Waals surface area contributed by atoms with Crippen LogP contribution in [0.2, 0.25) is 0 Å². The molecule has 156 valence electrons. The molecule has 3 heterocycles. The highest BCUT2D eigenvalue weighted by atomic mass is 32.1. The lowest BCUT2D eigenvalue weighted by molar-refractivity contribution is -0.130. The van der Waals surface area contributed by atoms with Crippen LogP contribution in [0.15, 0.2) is 57.9 Å². The fourth-order valence-corrected chi connectivity index (χ4v) is 4.65. The average molecular weight is 424 g/mol. The van der Waals surface area contributed by atoms with Gasteiger partial charge in [-0.25, -0.2) is 0 Å². The van der Waals surface area contributed by atoms with E-state index in [4.69, 9.17) is 4.52 Å². The summed E-state index contributed by atoms with van der Waals surface area (Å²) in [6, 6.07) is 12.0. The first-order valence-electron chi connectivity index (χ1n) is 10.1. The first-order chi connectivity index (χ1) is 14.5. The van der Waals surface area contributed by atoms with Crippen LogP contribution in [0.1, 0.15) is 36.4 Å². The van der Waals surface area contributed by atoms with E-state index in [0.29, 0.717) is 25.9 Å². The van der Waals surface area contributed by atoms with E-state index >= 15 is 0 Å². The third-order valence-electron chi connectivity index (χ3n) is 5.54. The Kier molecular flexibility index (Phi) is 5.72. The Morgan fingerprint density at radius 2 is 2.00 bits per heavy atom. The van der Waals surface area contributed by atoms with Gasteiger partial charge in [0.25, 0.3) is 5.91 Å². The van der Waals surface area contributed by atoms with Crippen molar-refractivity contribution in [2.45, 2.75) is 32.7 Å². The Balaban J connectivity index is 1.56. The Hall–Kier alpha value is -2.93. The average Bonchev–Trinajstić information content (AvgIpc) is 3.49. The maximum atomic E-state index is 13.2. The van der Waals surface area contributed by atoms with E-state index in [-0.39, 0.29) is 23.6 Å². The fraction of sp³-hybridized carbons (Fsp3) is 0.348. The minimum atomic E-state index is -0.663. The quantitative estimate of drug-likeness (QED) is 0.650. The van der Waals surface area contributed by atoms with Gasteiger partial charge in [-0.05, 0) is 60.2 Å². The summed E-state index contributed by atoms with van der Waals surface area (Å²) in [5.74, 6) is -0.0259. The third-order valence-corrected chi connectivity index (χ3v) is 6.23. The first kappa shape index (κ1) is 20.3. The van der Waals surface area contributed by atoms with E-state index in [0.717, 1.165) is 11.1 Å². The lowest BCUT2D eigenvalue weighted by Gasteiger charge is -2.29. The molecule has 2 amide bonds. The molecule has 0 unspecified atom stereocenters. The van der Waals surface area contributed by atoms with Crippen LogP contribution in [-0.2, 0) is 11.2 Å². The number of rotatable bonds is 6. The predicted molar refractivity (Wildman–Crippen MR) is 116 cm³/mol. The highest BCUT2D eigenvalue weighted by Crippen LogP contribution is 2.36. The highest BCUT2D eigenvalue weighted by molar-refractivity contribution is 7.08. The molecule has 1 N–H and O–H groups in total. The van der Waals surface area contributed by atoms with Crippen molar-refractivity contribution in [2.24, 2.45) is 5.41 Å². The maximum absolute atomic E-state index is 13.2. The smallest absolute Gasteiger partial charge is 0.292 e. The van der Waals surface area contributed by atoms with Crippen molar-refractivity contribution in [3.63, 3.8) is 0 Å². The van der Waals surface area contributed by atoms with Crippen molar-refractivity contribution < 1.29 is 14.1 Å². The molecule has 0 saturated carbocycles. The topological polar surface area (TPSA) is 75.4 Å². The number of amides is 2. The summed E-state index contributed by atoms with van der Waals surface area (Å²) < 4.78 is 5.03. The predicted octanol–water partition coefficient (Wildman–Crippen LogP) is 4.00. The van der Waals surface area contributed by atoms with Gasteiger partial charge in [-0.15, -0.1) is 0 Å². The summed E-state index contributed by atoms with van der Waals surface area (Å²) in [7, 11) is 0. The lowest BCUT2D eigenvalue weighted by Crippen LogP contribution is -2.47. The summed E-state index contributed by atoms with van der Waals surface area (Å²) >= 11 is 1.67. The number of carbonyl (C=O) groups excluding carboxylic acids is 2. The summed E-state index contributed by atoms with van der Waals surface area (Å²) in [5, 5.41) is 10.9. The number of nitrogens with zero attached hydrogens (tertiary/aromatic N) is 2. The van der Waals surface area contributed by atoms with Crippen LogP contribution in [0.25, 0.3) is 11.1 Å². The second kappa shape index (κ2) is 8.44. The van der Waals surface area contributed by atoms with Crippen LogP contribution in [0.3, 0.4) is 0 Å². The summed E-state index contributed by atoms with van der Waals surface area (Å²) in [4.78, 5) is 27.6. The molecule has 30 heavy (non-hydrogen) atoms. The number of aromatic nitrogens is 1. The molecule has 2 aromatic heterocycles. The maximum Gasteiger partial charge on any atom is 0.292 e. The Morgan fingerprint density at radius 1 is 1.20 bits per heavy atom. The molecule has 1 aliphatic heterocycles. The normalized spacial score (nSPS) is 18.7. The second-order valence-electron chi connectivity index (χ2n) is 8.15. The van der Waals surface area contributed by atoms with Gasteiger partial charge in [-0.3, -0.25) is 9.59 Å². The summed E-state index contributed by atoms with van der Waals surface area (Å²) in [6.07, 6.45) is 2.64. The van der Waals surface area contributed by atoms with Gasteiger partial charge in [-0.1, -0.05) is 29.4 Å². The van der Waals surface area contributed by atoms with Gasteiger partial charge in [0.2, 0.25) is 11.7 Å². The largest absolute Gasteiger partial charge is 0.353 e. The second-order valence-corrected chi connectivity index (χ2v) is 8.93. The third kappa shape index (κ3) is 4.16. The fourth-order valence-electron chi connectivity index (χ4n) is 3.99. The molecule has 0 radical (unpaired) electrons. The SMILES string of the molecule is CC(C)NC(=O)[C@]1(Cc2ccc(-c3ccsc3)cc2)CCN(C(=O)c2ccno2)C1. The number of nitrogens with one attached hydrogen (secondary N) is 1. The Morgan fingerprint density at radius 3 is 2.63 bits per heavy atom. The lowest BCUT2D eigenvalue weighted by atomic mass is 9.79. The zero-order valence-electron chi connectivity index (χ0n) is 17.1. The van der Waals surface area contributed by atoms with Gasteiger partial charge in [-0.2, -0.15) is 11.3 Å². The Labute approximate surface area is 179 Å².